The Morgan fingerprint density at radius 2 is 2.10 bits per heavy atom. The number of ether oxygens (including phenoxy) is 1. The van der Waals surface area contributed by atoms with Crippen LogP contribution in [0.15, 0.2) is 36.9 Å². The van der Waals surface area contributed by atoms with E-state index in [1.807, 2.05) is 42.0 Å². The van der Waals surface area contributed by atoms with E-state index in [0.29, 0.717) is 5.88 Å². The molecule has 1 N–H and O–H groups in total. The summed E-state index contributed by atoms with van der Waals surface area (Å²) in [4.78, 5) is 16.5. The van der Waals surface area contributed by atoms with E-state index < -0.39 is 0 Å². The largest absolute Gasteiger partial charge is 0.481 e. The van der Waals surface area contributed by atoms with Crippen LogP contribution in [0.3, 0.4) is 0 Å². The Bertz CT molecular complexity index is 936. The molecule has 0 spiro atoms. The van der Waals surface area contributed by atoms with Crippen LogP contribution in [0.1, 0.15) is 5.69 Å². The highest BCUT2D eigenvalue weighted by atomic mass is 16.5. The lowest BCUT2D eigenvalue weighted by molar-refractivity contribution is 0.398. The first-order valence-corrected chi connectivity index (χ1v) is 6.59. The number of nitrogens with one attached hydrogen (secondary N) is 1. The Balaban J connectivity index is 2.00. The van der Waals surface area contributed by atoms with Crippen molar-refractivity contribution in [3.05, 3.63) is 42.6 Å². The van der Waals surface area contributed by atoms with Gasteiger partial charge in [-0.3, -0.25) is 4.40 Å². The van der Waals surface area contributed by atoms with Crippen molar-refractivity contribution < 1.29 is 4.74 Å². The first-order chi connectivity index (χ1) is 10.3. The summed E-state index contributed by atoms with van der Waals surface area (Å²) in [7, 11) is 1.60. The van der Waals surface area contributed by atoms with Gasteiger partial charge in [-0.1, -0.05) is 0 Å². The monoisotopic (exact) mass is 279 g/mol. The Labute approximate surface area is 120 Å². The minimum absolute atomic E-state index is 0.588. The molecule has 0 aliphatic carbocycles. The molecule has 0 aromatic carbocycles. The predicted octanol–water partition coefficient (Wildman–Crippen LogP) is 2.59. The summed E-state index contributed by atoms with van der Waals surface area (Å²) >= 11 is 0. The van der Waals surface area contributed by atoms with Gasteiger partial charge in [0.25, 0.3) is 0 Å². The van der Waals surface area contributed by atoms with Gasteiger partial charge in [-0.25, -0.2) is 15.0 Å². The smallest absolute Gasteiger partial charge is 0.212 e. The molecule has 21 heavy (non-hydrogen) atoms. The van der Waals surface area contributed by atoms with Crippen molar-refractivity contribution in [3.8, 4) is 17.1 Å². The second-order valence-electron chi connectivity index (χ2n) is 4.81. The zero-order valence-electron chi connectivity index (χ0n) is 11.7. The van der Waals surface area contributed by atoms with Gasteiger partial charge in [0.15, 0.2) is 5.65 Å². The van der Waals surface area contributed by atoms with Crippen molar-refractivity contribution in [1.82, 2.24) is 24.3 Å². The summed E-state index contributed by atoms with van der Waals surface area (Å²) in [5, 5.41) is 0. The van der Waals surface area contributed by atoms with E-state index in [0.717, 1.165) is 33.6 Å². The predicted molar refractivity (Wildman–Crippen MR) is 79.4 cm³/mol. The Kier molecular flexibility index (Phi) is 2.44. The Morgan fingerprint density at radius 1 is 1.19 bits per heavy atom. The average molecular weight is 279 g/mol. The van der Waals surface area contributed by atoms with Crippen LogP contribution < -0.4 is 4.74 Å². The minimum Gasteiger partial charge on any atom is -0.481 e. The summed E-state index contributed by atoms with van der Waals surface area (Å²) in [5.74, 6) is 0.588. The average Bonchev–Trinajstić information content (AvgIpc) is 3.13. The van der Waals surface area contributed by atoms with Crippen molar-refractivity contribution in [2.24, 2.45) is 0 Å². The van der Waals surface area contributed by atoms with Crippen molar-refractivity contribution in [1.29, 1.82) is 0 Å². The van der Waals surface area contributed by atoms with E-state index in [2.05, 4.69) is 19.9 Å². The van der Waals surface area contributed by atoms with Crippen molar-refractivity contribution in [3.63, 3.8) is 0 Å². The number of H-pyrrole nitrogens is 1. The number of fused-ring (bicyclic) bond motifs is 3. The molecule has 0 unspecified atom stereocenters. The van der Waals surface area contributed by atoms with E-state index in [9.17, 15) is 0 Å². The lowest BCUT2D eigenvalue weighted by Gasteiger charge is -2.04. The zero-order valence-corrected chi connectivity index (χ0v) is 11.7. The number of methoxy groups -OCH3 is 1. The van der Waals surface area contributed by atoms with Gasteiger partial charge in [-0.15, -0.1) is 0 Å². The van der Waals surface area contributed by atoms with Gasteiger partial charge in [0.2, 0.25) is 5.88 Å². The first-order valence-electron chi connectivity index (χ1n) is 6.59. The number of hydrogen-bond acceptors (Lipinski definition) is 4. The molecule has 4 heterocycles. The molecule has 6 heteroatoms. The van der Waals surface area contributed by atoms with Gasteiger partial charge < -0.3 is 9.72 Å². The van der Waals surface area contributed by atoms with Gasteiger partial charge in [-0.2, -0.15) is 0 Å². The van der Waals surface area contributed by atoms with Crippen LogP contribution in [0, 0.1) is 6.92 Å². The van der Waals surface area contributed by atoms with E-state index in [-0.39, 0.29) is 0 Å². The molecule has 104 valence electrons. The number of hydrogen-bond donors (Lipinski definition) is 1. The van der Waals surface area contributed by atoms with Gasteiger partial charge in [0.1, 0.15) is 6.33 Å². The SMILES string of the molecule is COc1ccc(-c2ncn3c2c(C)nc2[nH]ccc23)cn1. The van der Waals surface area contributed by atoms with Crippen molar-refractivity contribution in [2.45, 2.75) is 6.92 Å². The van der Waals surface area contributed by atoms with Crippen LogP contribution in [-0.2, 0) is 0 Å². The van der Waals surface area contributed by atoms with Crippen LogP contribution in [0.5, 0.6) is 5.88 Å². The third-order valence-electron chi connectivity index (χ3n) is 3.57. The fourth-order valence-electron chi connectivity index (χ4n) is 2.59. The zero-order chi connectivity index (χ0) is 14.4. The second kappa shape index (κ2) is 4.31. The molecule has 0 bridgehead atoms. The number of rotatable bonds is 2. The first kappa shape index (κ1) is 11.9. The van der Waals surface area contributed by atoms with E-state index in [4.69, 9.17) is 4.74 Å². The normalized spacial score (nSPS) is 11.3. The molecule has 4 aromatic rings. The topological polar surface area (TPSA) is 68.1 Å². The molecule has 0 saturated carbocycles. The minimum atomic E-state index is 0.588. The number of imidazole rings is 1. The molecule has 0 fully saturated rings. The quantitative estimate of drug-likeness (QED) is 0.612. The van der Waals surface area contributed by atoms with E-state index in [1.54, 1.807) is 13.3 Å². The Hall–Kier alpha value is -2.89. The highest BCUT2D eigenvalue weighted by molar-refractivity contribution is 5.85. The van der Waals surface area contributed by atoms with Gasteiger partial charge in [0.05, 0.1) is 29.5 Å². The fraction of sp³-hybridized carbons (Fsp3) is 0.133. The standard InChI is InChI=1S/C15H13N5O/c1-9-14-13(10-3-4-12(21-2)17-7-10)18-8-20(14)11-5-6-16-15(11)19-9/h3-8,16H,1-2H3. The summed E-state index contributed by atoms with van der Waals surface area (Å²) in [6.45, 7) is 1.98. The molecule has 4 aromatic heterocycles. The lowest BCUT2D eigenvalue weighted by Crippen LogP contribution is -1.93. The number of aromatic nitrogens is 5. The molecule has 0 radical (unpaired) electrons. The number of nitrogens with zero attached hydrogens (tertiary/aromatic N) is 4. The summed E-state index contributed by atoms with van der Waals surface area (Å²) in [5.41, 5.74) is 5.60. The molecule has 0 amide bonds. The highest BCUT2D eigenvalue weighted by Crippen LogP contribution is 2.27. The van der Waals surface area contributed by atoms with E-state index in [1.165, 1.54) is 0 Å². The van der Waals surface area contributed by atoms with E-state index >= 15 is 0 Å². The number of pyridine rings is 1. The molecular weight excluding hydrogens is 266 g/mol. The second-order valence-corrected chi connectivity index (χ2v) is 4.81. The fourth-order valence-corrected chi connectivity index (χ4v) is 2.59. The summed E-state index contributed by atoms with van der Waals surface area (Å²) < 4.78 is 7.14. The third-order valence-corrected chi connectivity index (χ3v) is 3.57. The molecule has 0 saturated heterocycles. The highest BCUT2D eigenvalue weighted by Gasteiger charge is 2.14. The molecule has 0 aliphatic heterocycles. The van der Waals surface area contributed by atoms with Crippen LogP contribution in [0.2, 0.25) is 0 Å². The maximum Gasteiger partial charge on any atom is 0.212 e. The van der Waals surface area contributed by atoms with Crippen LogP contribution in [0.25, 0.3) is 27.9 Å². The van der Waals surface area contributed by atoms with Crippen molar-refractivity contribution in [2.75, 3.05) is 7.11 Å². The van der Waals surface area contributed by atoms with Crippen LogP contribution >= 0.6 is 0 Å². The number of aryl methyl sites for hydroxylation is 1. The molecule has 0 atom stereocenters. The van der Waals surface area contributed by atoms with Gasteiger partial charge in [0, 0.05) is 24.0 Å². The maximum atomic E-state index is 5.09. The maximum absolute atomic E-state index is 5.09. The molecular formula is C15H13N5O. The van der Waals surface area contributed by atoms with Crippen LogP contribution in [0.4, 0.5) is 0 Å². The third kappa shape index (κ3) is 1.69. The van der Waals surface area contributed by atoms with Crippen LogP contribution in [-0.4, -0.2) is 31.4 Å². The molecule has 4 rings (SSSR count). The summed E-state index contributed by atoms with van der Waals surface area (Å²) in [6, 6.07) is 5.78. The molecule has 0 aliphatic rings. The summed E-state index contributed by atoms with van der Waals surface area (Å²) in [6.07, 6.45) is 5.47. The molecule has 6 nitrogen and oxygen atoms in total. The lowest BCUT2D eigenvalue weighted by atomic mass is 10.1. The number of aromatic amines is 1. The Morgan fingerprint density at radius 3 is 2.86 bits per heavy atom. The van der Waals surface area contributed by atoms with Gasteiger partial charge in [-0.05, 0) is 19.1 Å². The van der Waals surface area contributed by atoms with Crippen molar-refractivity contribution >= 4 is 16.7 Å². The van der Waals surface area contributed by atoms with Gasteiger partial charge >= 0.3 is 0 Å².